The van der Waals surface area contributed by atoms with Crippen molar-refractivity contribution in [1.82, 2.24) is 5.32 Å². The molecule has 1 atom stereocenters. The van der Waals surface area contributed by atoms with Gasteiger partial charge in [0.2, 0.25) is 0 Å². The molecule has 0 radical (unpaired) electrons. The first-order chi connectivity index (χ1) is 8.81. The van der Waals surface area contributed by atoms with E-state index in [2.05, 4.69) is 5.32 Å². The minimum absolute atomic E-state index is 0.370. The lowest BCUT2D eigenvalue weighted by Gasteiger charge is -2.29. The smallest absolute Gasteiger partial charge is 0.328 e. The molecule has 0 aromatic heterocycles. The quantitative estimate of drug-likeness (QED) is 0.830. The van der Waals surface area contributed by atoms with Crippen molar-refractivity contribution in [2.24, 2.45) is 5.92 Å². The number of methoxy groups -OCH3 is 1. The summed E-state index contributed by atoms with van der Waals surface area (Å²) in [7, 11) is 1.55. The highest BCUT2D eigenvalue weighted by Gasteiger charge is 2.37. The lowest BCUT2D eigenvalue weighted by molar-refractivity contribution is -0.144. The first-order valence-electron chi connectivity index (χ1n) is 6.44. The predicted molar refractivity (Wildman–Crippen MR) is 75.6 cm³/mol. The lowest BCUT2D eigenvalue weighted by atomic mass is 9.89. The average Bonchev–Trinajstić information content (AvgIpc) is 2.35. The summed E-state index contributed by atoms with van der Waals surface area (Å²) in [6.07, 6.45) is 0. The van der Waals surface area contributed by atoms with Crippen LogP contribution in [0.1, 0.15) is 31.9 Å². The van der Waals surface area contributed by atoms with E-state index in [9.17, 15) is 9.90 Å². The molecule has 0 fully saturated rings. The molecule has 19 heavy (non-hydrogen) atoms. The second kappa shape index (κ2) is 6.06. The molecule has 0 saturated carbocycles. The Kier molecular flexibility index (Phi) is 4.95. The van der Waals surface area contributed by atoms with Crippen LogP contribution in [0.15, 0.2) is 18.2 Å². The van der Waals surface area contributed by atoms with Gasteiger partial charge in [0.1, 0.15) is 11.3 Å². The Hall–Kier alpha value is -1.55. The zero-order chi connectivity index (χ0) is 14.6. The van der Waals surface area contributed by atoms with Crippen molar-refractivity contribution >= 4 is 5.97 Å². The van der Waals surface area contributed by atoms with Crippen molar-refractivity contribution in [2.45, 2.75) is 33.2 Å². The van der Waals surface area contributed by atoms with Crippen molar-refractivity contribution in [3.05, 3.63) is 29.3 Å². The lowest BCUT2D eigenvalue weighted by Crippen LogP contribution is -2.48. The molecular weight excluding hydrogens is 242 g/mol. The Labute approximate surface area is 114 Å². The Bertz CT molecular complexity index is 457. The van der Waals surface area contributed by atoms with E-state index in [1.54, 1.807) is 14.0 Å². The van der Waals surface area contributed by atoms with Crippen molar-refractivity contribution < 1.29 is 14.6 Å². The molecule has 1 aromatic rings. The normalized spacial score (nSPS) is 14.2. The van der Waals surface area contributed by atoms with E-state index in [1.165, 1.54) is 0 Å². The second-order valence-electron chi connectivity index (χ2n) is 5.41. The Balaban J connectivity index is 3.25. The van der Waals surface area contributed by atoms with Gasteiger partial charge in [0.15, 0.2) is 0 Å². The summed E-state index contributed by atoms with van der Waals surface area (Å²) in [5, 5.41) is 12.7. The van der Waals surface area contributed by atoms with E-state index < -0.39 is 11.5 Å². The standard InChI is InChI=1S/C15H23NO3/c1-10(2)9-16-15(4,14(17)18)12-8-11(3)6-7-13(12)19-5/h6-8,10,16H,9H2,1-5H3,(H,17,18). The molecule has 0 aliphatic heterocycles. The van der Waals surface area contributed by atoms with Crippen LogP contribution in [0.4, 0.5) is 0 Å². The molecule has 4 nitrogen and oxygen atoms in total. The second-order valence-corrected chi connectivity index (χ2v) is 5.41. The van der Waals surface area contributed by atoms with Gasteiger partial charge in [-0.1, -0.05) is 25.5 Å². The maximum atomic E-state index is 11.7. The largest absolute Gasteiger partial charge is 0.496 e. The first kappa shape index (κ1) is 15.5. The fourth-order valence-corrected chi connectivity index (χ4v) is 1.91. The molecule has 0 amide bonds. The maximum absolute atomic E-state index is 11.7. The Morgan fingerprint density at radius 2 is 2.11 bits per heavy atom. The summed E-state index contributed by atoms with van der Waals surface area (Å²) < 4.78 is 5.30. The molecule has 0 aliphatic rings. The van der Waals surface area contributed by atoms with Gasteiger partial charge in [-0.2, -0.15) is 0 Å². The number of benzene rings is 1. The molecule has 1 rings (SSSR count). The monoisotopic (exact) mass is 265 g/mol. The summed E-state index contributed by atoms with van der Waals surface area (Å²) >= 11 is 0. The fourth-order valence-electron chi connectivity index (χ4n) is 1.91. The third-order valence-corrected chi connectivity index (χ3v) is 3.19. The van der Waals surface area contributed by atoms with Gasteiger partial charge >= 0.3 is 5.97 Å². The zero-order valence-corrected chi connectivity index (χ0v) is 12.3. The number of aryl methyl sites for hydroxylation is 1. The summed E-state index contributed by atoms with van der Waals surface area (Å²) in [5.41, 5.74) is 0.513. The SMILES string of the molecule is COc1ccc(C)cc1C(C)(NCC(C)C)C(=O)O. The average molecular weight is 265 g/mol. The van der Waals surface area contributed by atoms with Crippen molar-refractivity contribution in [3.8, 4) is 5.75 Å². The van der Waals surface area contributed by atoms with Crippen LogP contribution in [0, 0.1) is 12.8 Å². The highest BCUT2D eigenvalue weighted by atomic mass is 16.5. The van der Waals surface area contributed by atoms with E-state index >= 15 is 0 Å². The predicted octanol–water partition coefficient (Wildman–Crippen LogP) is 2.55. The third-order valence-electron chi connectivity index (χ3n) is 3.19. The minimum Gasteiger partial charge on any atom is -0.496 e. The molecule has 0 aliphatic carbocycles. The third kappa shape index (κ3) is 3.47. The highest BCUT2D eigenvalue weighted by Crippen LogP contribution is 2.31. The summed E-state index contributed by atoms with van der Waals surface area (Å²) in [6, 6.07) is 5.58. The van der Waals surface area contributed by atoms with Crippen LogP contribution in [-0.4, -0.2) is 24.7 Å². The highest BCUT2D eigenvalue weighted by molar-refractivity contribution is 5.81. The van der Waals surface area contributed by atoms with Crippen LogP contribution >= 0.6 is 0 Å². The van der Waals surface area contributed by atoms with Gasteiger partial charge in [-0.15, -0.1) is 0 Å². The number of carbonyl (C=O) groups is 1. The van der Waals surface area contributed by atoms with Gasteiger partial charge < -0.3 is 9.84 Å². The molecule has 0 saturated heterocycles. The summed E-state index contributed by atoms with van der Waals surface area (Å²) in [5.74, 6) is 0.0540. The van der Waals surface area contributed by atoms with E-state index in [0.29, 0.717) is 23.8 Å². The van der Waals surface area contributed by atoms with E-state index in [1.807, 2.05) is 39.0 Å². The van der Waals surface area contributed by atoms with Gasteiger partial charge in [-0.25, -0.2) is 4.79 Å². The van der Waals surface area contributed by atoms with Crippen molar-refractivity contribution in [3.63, 3.8) is 0 Å². The number of hydrogen-bond acceptors (Lipinski definition) is 3. The molecule has 1 aromatic carbocycles. The van der Waals surface area contributed by atoms with Crippen LogP contribution in [0.25, 0.3) is 0 Å². The van der Waals surface area contributed by atoms with Gasteiger partial charge in [-0.05, 0) is 38.4 Å². The summed E-state index contributed by atoms with van der Waals surface area (Å²) in [6.45, 7) is 8.33. The number of hydrogen-bond donors (Lipinski definition) is 2. The van der Waals surface area contributed by atoms with Gasteiger partial charge in [0.25, 0.3) is 0 Å². The van der Waals surface area contributed by atoms with Gasteiger partial charge in [-0.3, -0.25) is 5.32 Å². The molecule has 0 spiro atoms. The number of carboxylic acids is 1. The molecule has 4 heteroatoms. The van der Waals surface area contributed by atoms with Crippen molar-refractivity contribution in [1.29, 1.82) is 0 Å². The van der Waals surface area contributed by atoms with Crippen LogP contribution in [0.2, 0.25) is 0 Å². The van der Waals surface area contributed by atoms with Gasteiger partial charge in [0.05, 0.1) is 7.11 Å². The molecule has 0 heterocycles. The molecule has 0 bridgehead atoms. The van der Waals surface area contributed by atoms with E-state index in [0.717, 1.165) is 5.56 Å². The van der Waals surface area contributed by atoms with Crippen LogP contribution in [0.5, 0.6) is 5.75 Å². The number of rotatable bonds is 6. The zero-order valence-electron chi connectivity index (χ0n) is 12.3. The molecule has 2 N–H and O–H groups in total. The summed E-state index contributed by atoms with van der Waals surface area (Å²) in [4.78, 5) is 11.7. The number of aliphatic carboxylic acids is 1. The van der Waals surface area contributed by atoms with Crippen LogP contribution < -0.4 is 10.1 Å². The van der Waals surface area contributed by atoms with Crippen molar-refractivity contribution in [2.75, 3.05) is 13.7 Å². The Morgan fingerprint density at radius 1 is 1.47 bits per heavy atom. The Morgan fingerprint density at radius 3 is 2.58 bits per heavy atom. The number of nitrogens with one attached hydrogen (secondary N) is 1. The topological polar surface area (TPSA) is 58.6 Å². The molecular formula is C15H23NO3. The molecule has 106 valence electrons. The maximum Gasteiger partial charge on any atom is 0.328 e. The molecule has 1 unspecified atom stereocenters. The van der Waals surface area contributed by atoms with Gasteiger partial charge in [0, 0.05) is 5.56 Å². The van der Waals surface area contributed by atoms with Crippen LogP contribution in [0.3, 0.4) is 0 Å². The number of carboxylic acid groups (broad SMARTS) is 1. The van der Waals surface area contributed by atoms with E-state index in [4.69, 9.17) is 4.74 Å². The fraction of sp³-hybridized carbons (Fsp3) is 0.533. The van der Waals surface area contributed by atoms with E-state index in [-0.39, 0.29) is 0 Å². The first-order valence-corrected chi connectivity index (χ1v) is 6.44. The minimum atomic E-state index is -1.15. The number of ether oxygens (including phenoxy) is 1. The van der Waals surface area contributed by atoms with Crippen LogP contribution in [-0.2, 0) is 10.3 Å².